The topological polar surface area (TPSA) is 117 Å². The van der Waals surface area contributed by atoms with Crippen molar-refractivity contribution in [2.75, 3.05) is 19.0 Å². The number of carbonyl (C=O) groups excluding carboxylic acids is 2. The second kappa shape index (κ2) is 7.43. The zero-order valence-electron chi connectivity index (χ0n) is 19.1. The molecule has 1 aromatic rings. The number of hydrogen-bond acceptors (Lipinski definition) is 7. The number of fused-ring (bicyclic) bond motifs is 1. The highest BCUT2D eigenvalue weighted by molar-refractivity contribution is 6.01. The van der Waals surface area contributed by atoms with Gasteiger partial charge in [0.05, 0.1) is 30.1 Å². The number of hydrogen-bond donors (Lipinski definition) is 3. The monoisotopic (exact) mass is 446 g/mol. The van der Waals surface area contributed by atoms with Gasteiger partial charge in [-0.2, -0.15) is 0 Å². The first kappa shape index (κ1) is 22.5. The maximum Gasteiger partial charge on any atom is 0.309 e. The molecule has 2 fully saturated rings. The van der Waals surface area contributed by atoms with Gasteiger partial charge in [-0.3, -0.25) is 14.5 Å². The number of amides is 1. The Bertz CT molecular complexity index is 996. The summed E-state index contributed by atoms with van der Waals surface area (Å²) in [6.07, 6.45) is -0.0958. The van der Waals surface area contributed by atoms with E-state index in [2.05, 4.69) is 10.3 Å². The lowest BCUT2D eigenvalue weighted by molar-refractivity contribution is -0.146. The van der Waals surface area contributed by atoms with Crippen molar-refractivity contribution in [3.05, 3.63) is 29.6 Å². The Kier molecular flexibility index (Phi) is 5.23. The van der Waals surface area contributed by atoms with Gasteiger partial charge in [-0.1, -0.05) is 0 Å². The molecule has 0 spiro atoms. The van der Waals surface area contributed by atoms with Crippen LogP contribution in [0.1, 0.15) is 39.7 Å². The SMILES string of the molecule is CCOC(=O)[C@H]1[C@@H]2C[C@@H](O)C(Nc3ccc(F)c([C@]4(C)N=C(N)N(C)C(=O)C4(C)C)c3)[C@@H]21. The number of rotatable bonds is 5. The van der Waals surface area contributed by atoms with E-state index in [1.807, 2.05) is 0 Å². The minimum Gasteiger partial charge on any atom is -0.466 e. The standard InChI is InChI=1S/C23H31FN4O4/c1-6-32-19(30)17-12-10-15(29)18(16(12)17)26-11-7-8-14(24)13(9-11)23(4)22(2,3)20(31)28(5)21(25)27-23/h7-9,12,15-18,26,29H,6,10H2,1-5H3,(H2,25,27)/t12-,15-,16+,17+,18?,23+/m1/s1. The van der Waals surface area contributed by atoms with Crippen LogP contribution in [0.15, 0.2) is 23.2 Å². The van der Waals surface area contributed by atoms with Gasteiger partial charge in [-0.25, -0.2) is 9.38 Å². The Morgan fingerprint density at radius 3 is 2.75 bits per heavy atom. The van der Waals surface area contributed by atoms with Gasteiger partial charge in [0.2, 0.25) is 5.91 Å². The van der Waals surface area contributed by atoms with Crippen LogP contribution in [0.25, 0.3) is 0 Å². The number of esters is 1. The van der Waals surface area contributed by atoms with Crippen molar-refractivity contribution in [2.24, 2.45) is 33.9 Å². The van der Waals surface area contributed by atoms with Gasteiger partial charge in [0, 0.05) is 18.3 Å². The largest absolute Gasteiger partial charge is 0.466 e. The zero-order valence-corrected chi connectivity index (χ0v) is 19.1. The van der Waals surface area contributed by atoms with E-state index < -0.39 is 22.9 Å². The van der Waals surface area contributed by atoms with Gasteiger partial charge in [-0.05, 0) is 64.2 Å². The average molecular weight is 447 g/mol. The van der Waals surface area contributed by atoms with E-state index in [4.69, 9.17) is 10.5 Å². The average Bonchev–Trinajstić information content (AvgIpc) is 3.34. The van der Waals surface area contributed by atoms with Crippen molar-refractivity contribution >= 4 is 23.5 Å². The fourth-order valence-corrected chi connectivity index (χ4v) is 5.39. The third-order valence-electron chi connectivity index (χ3n) is 7.69. The highest BCUT2D eigenvalue weighted by Crippen LogP contribution is 2.58. The molecule has 0 radical (unpaired) electrons. The molecule has 32 heavy (non-hydrogen) atoms. The molecule has 4 rings (SSSR count). The highest BCUT2D eigenvalue weighted by atomic mass is 19.1. The van der Waals surface area contributed by atoms with Crippen molar-refractivity contribution in [3.8, 4) is 0 Å². The second-order valence-corrected chi connectivity index (χ2v) is 9.72. The van der Waals surface area contributed by atoms with E-state index in [0.29, 0.717) is 18.7 Å². The van der Waals surface area contributed by atoms with Crippen LogP contribution in [0, 0.1) is 29.0 Å². The van der Waals surface area contributed by atoms with E-state index in [-0.39, 0.29) is 47.2 Å². The molecule has 4 N–H and O–H groups in total. The molecule has 8 nitrogen and oxygen atoms in total. The van der Waals surface area contributed by atoms with Crippen LogP contribution < -0.4 is 11.1 Å². The molecule has 0 aromatic heterocycles. The van der Waals surface area contributed by atoms with Gasteiger partial charge >= 0.3 is 5.97 Å². The minimum absolute atomic E-state index is 0.0249. The molecule has 1 aromatic carbocycles. The molecule has 2 saturated carbocycles. The Morgan fingerprint density at radius 2 is 2.09 bits per heavy atom. The summed E-state index contributed by atoms with van der Waals surface area (Å²) in [6, 6.07) is 4.18. The Balaban J connectivity index is 1.64. The Labute approximate surface area is 187 Å². The normalized spacial score (nSPS) is 35.2. The number of benzene rings is 1. The summed E-state index contributed by atoms with van der Waals surface area (Å²) >= 11 is 0. The number of nitrogens with zero attached hydrogens (tertiary/aromatic N) is 2. The third-order valence-corrected chi connectivity index (χ3v) is 7.69. The van der Waals surface area contributed by atoms with Crippen molar-refractivity contribution in [1.29, 1.82) is 0 Å². The number of nitrogens with one attached hydrogen (secondary N) is 1. The summed E-state index contributed by atoms with van der Waals surface area (Å²) < 4.78 is 20.2. The van der Waals surface area contributed by atoms with Gasteiger partial charge in [-0.15, -0.1) is 0 Å². The van der Waals surface area contributed by atoms with Crippen molar-refractivity contribution in [1.82, 2.24) is 4.90 Å². The molecule has 0 saturated heterocycles. The van der Waals surface area contributed by atoms with Crippen LogP contribution in [0.4, 0.5) is 10.1 Å². The number of ether oxygens (including phenoxy) is 1. The van der Waals surface area contributed by atoms with Crippen LogP contribution in [0.3, 0.4) is 0 Å². The summed E-state index contributed by atoms with van der Waals surface area (Å²) in [4.78, 5) is 30.9. The lowest BCUT2D eigenvalue weighted by Crippen LogP contribution is -2.58. The molecule has 2 aliphatic carbocycles. The van der Waals surface area contributed by atoms with E-state index >= 15 is 4.39 Å². The maximum atomic E-state index is 15.0. The number of carbonyl (C=O) groups is 2. The number of nitrogens with two attached hydrogens (primary N) is 1. The smallest absolute Gasteiger partial charge is 0.309 e. The van der Waals surface area contributed by atoms with Crippen LogP contribution in [0.2, 0.25) is 0 Å². The van der Waals surface area contributed by atoms with Gasteiger partial charge in [0.1, 0.15) is 11.4 Å². The fraction of sp³-hybridized carbons (Fsp3) is 0.609. The summed E-state index contributed by atoms with van der Waals surface area (Å²) in [5, 5.41) is 13.8. The lowest BCUT2D eigenvalue weighted by Gasteiger charge is -2.46. The summed E-state index contributed by atoms with van der Waals surface area (Å²) in [6.45, 7) is 7.24. The molecule has 6 atom stereocenters. The predicted octanol–water partition coefficient (Wildman–Crippen LogP) is 1.82. The van der Waals surface area contributed by atoms with Crippen LogP contribution >= 0.6 is 0 Å². The first-order chi connectivity index (χ1) is 14.9. The first-order valence-electron chi connectivity index (χ1n) is 11.0. The molecule has 9 heteroatoms. The maximum absolute atomic E-state index is 15.0. The second-order valence-electron chi connectivity index (χ2n) is 9.72. The van der Waals surface area contributed by atoms with Crippen LogP contribution in [-0.2, 0) is 19.9 Å². The third kappa shape index (κ3) is 3.17. The van der Waals surface area contributed by atoms with Gasteiger partial charge in [0.15, 0.2) is 5.96 Å². The Hall–Kier alpha value is -2.68. The fourth-order valence-electron chi connectivity index (χ4n) is 5.39. The number of halogens is 1. The first-order valence-corrected chi connectivity index (χ1v) is 11.0. The number of guanidine groups is 1. The number of aliphatic hydroxyl groups excluding tert-OH is 1. The highest BCUT2D eigenvalue weighted by Gasteiger charge is 2.65. The zero-order chi connectivity index (χ0) is 23.6. The van der Waals surface area contributed by atoms with E-state index in [1.54, 1.807) is 46.9 Å². The quantitative estimate of drug-likeness (QED) is 0.594. The van der Waals surface area contributed by atoms with Crippen LogP contribution in [0.5, 0.6) is 0 Å². The number of aliphatic imine (C=N–C) groups is 1. The molecule has 1 unspecified atom stereocenters. The van der Waals surface area contributed by atoms with Gasteiger partial charge in [0.25, 0.3) is 0 Å². The predicted molar refractivity (Wildman–Crippen MR) is 117 cm³/mol. The Morgan fingerprint density at radius 1 is 1.41 bits per heavy atom. The van der Waals surface area contributed by atoms with Crippen LogP contribution in [-0.4, -0.2) is 53.6 Å². The van der Waals surface area contributed by atoms with Crippen molar-refractivity contribution in [2.45, 2.75) is 51.8 Å². The van der Waals surface area contributed by atoms with Crippen molar-refractivity contribution in [3.63, 3.8) is 0 Å². The molecule has 1 amide bonds. The van der Waals surface area contributed by atoms with Gasteiger partial charge < -0.3 is 20.9 Å². The molecule has 0 bridgehead atoms. The number of anilines is 1. The minimum atomic E-state index is -1.23. The molecule has 3 aliphatic rings. The lowest BCUT2D eigenvalue weighted by atomic mass is 9.67. The molecule has 1 aliphatic heterocycles. The molecular weight excluding hydrogens is 415 g/mol. The molecule has 174 valence electrons. The molecule has 1 heterocycles. The summed E-state index contributed by atoms with van der Waals surface area (Å²) in [5.74, 6) is -1.11. The number of aliphatic hydroxyl groups is 1. The van der Waals surface area contributed by atoms with Crippen molar-refractivity contribution < 1.29 is 23.8 Å². The summed E-state index contributed by atoms with van der Waals surface area (Å²) in [7, 11) is 1.55. The van der Waals surface area contributed by atoms with E-state index in [0.717, 1.165) is 0 Å². The molecular formula is C23H31FN4O4. The summed E-state index contributed by atoms with van der Waals surface area (Å²) in [5.41, 5.74) is 4.51. The van der Waals surface area contributed by atoms with E-state index in [9.17, 15) is 14.7 Å². The van der Waals surface area contributed by atoms with E-state index in [1.165, 1.54) is 11.0 Å².